The summed E-state index contributed by atoms with van der Waals surface area (Å²) in [5.41, 5.74) is 1.95. The largest absolute Gasteiger partial charge is 0.481 e. The zero-order chi connectivity index (χ0) is 15.7. The number of hydrogen-bond acceptors (Lipinski definition) is 4. The molecule has 114 valence electrons. The molecule has 22 heavy (non-hydrogen) atoms. The third-order valence-corrected chi connectivity index (χ3v) is 5.00. The van der Waals surface area contributed by atoms with Crippen molar-refractivity contribution < 1.29 is 14.7 Å². The van der Waals surface area contributed by atoms with Gasteiger partial charge in [0.2, 0.25) is 5.91 Å². The van der Waals surface area contributed by atoms with Gasteiger partial charge < -0.3 is 10.0 Å². The Labute approximate surface area is 132 Å². The topological polar surface area (TPSA) is 70.5 Å². The predicted octanol–water partition coefficient (Wildman–Crippen LogP) is 2.55. The van der Waals surface area contributed by atoms with E-state index in [1.807, 2.05) is 37.3 Å². The molecular weight excluding hydrogens is 300 g/mol. The van der Waals surface area contributed by atoms with Gasteiger partial charge in [0, 0.05) is 23.4 Å². The van der Waals surface area contributed by atoms with E-state index in [2.05, 4.69) is 4.98 Å². The highest BCUT2D eigenvalue weighted by Gasteiger charge is 2.34. The molecule has 5 nitrogen and oxygen atoms in total. The first-order valence-electron chi connectivity index (χ1n) is 7.07. The molecule has 3 rings (SSSR count). The Hall–Kier alpha value is -2.21. The van der Waals surface area contributed by atoms with Gasteiger partial charge >= 0.3 is 5.97 Å². The summed E-state index contributed by atoms with van der Waals surface area (Å²) in [5, 5.41) is 9.96. The number of thiazole rings is 1. The van der Waals surface area contributed by atoms with Gasteiger partial charge in [0.25, 0.3) is 0 Å². The Morgan fingerprint density at radius 2 is 2.14 bits per heavy atom. The molecule has 0 saturated carbocycles. The molecule has 0 aliphatic carbocycles. The van der Waals surface area contributed by atoms with Gasteiger partial charge in [-0.25, -0.2) is 4.98 Å². The number of nitrogens with zero attached hydrogens (tertiary/aromatic N) is 2. The predicted molar refractivity (Wildman–Crippen MR) is 83.4 cm³/mol. The molecule has 0 spiro atoms. The second-order valence-corrected chi connectivity index (χ2v) is 6.49. The van der Waals surface area contributed by atoms with E-state index in [1.165, 1.54) is 0 Å². The van der Waals surface area contributed by atoms with Crippen LogP contribution in [-0.4, -0.2) is 33.4 Å². The Balaban J connectivity index is 1.78. The summed E-state index contributed by atoms with van der Waals surface area (Å²) in [5.74, 6) is -1.59. The average Bonchev–Trinajstić information content (AvgIpc) is 3.05. The number of aromatic nitrogens is 1. The Bertz CT molecular complexity index is 711. The summed E-state index contributed by atoms with van der Waals surface area (Å²) < 4.78 is 0. The number of aryl methyl sites for hydroxylation is 1. The molecule has 1 saturated heterocycles. The van der Waals surface area contributed by atoms with E-state index in [-0.39, 0.29) is 18.9 Å². The lowest BCUT2D eigenvalue weighted by molar-refractivity contribution is -0.141. The number of hydrogen-bond donors (Lipinski definition) is 1. The van der Waals surface area contributed by atoms with Crippen LogP contribution in [0.5, 0.6) is 0 Å². The standard InChI is InChI=1S/C16H16N2O3S/c1-10-13(9-18-8-12(16(20)21)7-14(18)19)22-15(17-10)11-5-3-2-4-6-11/h2-6,12H,7-9H2,1H3,(H,20,21)/t12-/m1/s1. The maximum atomic E-state index is 11.9. The summed E-state index contributed by atoms with van der Waals surface area (Å²) in [6.45, 7) is 2.65. The fourth-order valence-electron chi connectivity index (χ4n) is 2.54. The van der Waals surface area contributed by atoms with E-state index in [1.54, 1.807) is 16.2 Å². The molecule has 6 heteroatoms. The summed E-state index contributed by atoms with van der Waals surface area (Å²) in [7, 11) is 0. The number of likely N-dealkylation sites (tertiary alicyclic amines) is 1. The minimum absolute atomic E-state index is 0.0959. The molecule has 0 bridgehead atoms. The van der Waals surface area contributed by atoms with Gasteiger partial charge in [-0.2, -0.15) is 0 Å². The SMILES string of the molecule is Cc1nc(-c2ccccc2)sc1CN1C[C@H](C(=O)O)CC1=O. The highest BCUT2D eigenvalue weighted by molar-refractivity contribution is 7.15. The highest BCUT2D eigenvalue weighted by Crippen LogP contribution is 2.30. The Kier molecular flexibility index (Phi) is 3.94. The van der Waals surface area contributed by atoms with Crippen molar-refractivity contribution >= 4 is 23.2 Å². The number of carboxylic acids is 1. The zero-order valence-electron chi connectivity index (χ0n) is 12.2. The number of amides is 1. The van der Waals surface area contributed by atoms with Crippen LogP contribution in [0.15, 0.2) is 30.3 Å². The van der Waals surface area contributed by atoms with E-state index in [4.69, 9.17) is 5.11 Å². The van der Waals surface area contributed by atoms with Gasteiger partial charge in [-0.1, -0.05) is 30.3 Å². The number of aliphatic carboxylic acids is 1. The van der Waals surface area contributed by atoms with Crippen LogP contribution in [0.3, 0.4) is 0 Å². The molecular formula is C16H16N2O3S. The molecule has 0 unspecified atom stereocenters. The van der Waals surface area contributed by atoms with E-state index in [0.29, 0.717) is 6.54 Å². The number of carbonyl (C=O) groups is 2. The summed E-state index contributed by atoms with van der Waals surface area (Å²) in [4.78, 5) is 30.1. The molecule has 2 aromatic rings. The van der Waals surface area contributed by atoms with E-state index >= 15 is 0 Å². The lowest BCUT2D eigenvalue weighted by atomic mass is 10.1. The fraction of sp³-hybridized carbons (Fsp3) is 0.312. The Morgan fingerprint density at radius 3 is 2.77 bits per heavy atom. The van der Waals surface area contributed by atoms with Crippen LogP contribution in [-0.2, 0) is 16.1 Å². The van der Waals surface area contributed by atoms with Crippen LogP contribution in [0.1, 0.15) is 17.0 Å². The average molecular weight is 316 g/mol. The van der Waals surface area contributed by atoms with Crippen molar-refractivity contribution in [1.29, 1.82) is 0 Å². The lowest BCUT2D eigenvalue weighted by Gasteiger charge is -2.14. The lowest BCUT2D eigenvalue weighted by Crippen LogP contribution is -2.25. The fourth-order valence-corrected chi connectivity index (χ4v) is 3.63. The second-order valence-electron chi connectivity index (χ2n) is 5.41. The van der Waals surface area contributed by atoms with E-state index in [9.17, 15) is 9.59 Å². The highest BCUT2D eigenvalue weighted by atomic mass is 32.1. The first-order chi connectivity index (χ1) is 10.5. The van der Waals surface area contributed by atoms with Crippen molar-refractivity contribution in [3.63, 3.8) is 0 Å². The van der Waals surface area contributed by atoms with Crippen LogP contribution in [0.4, 0.5) is 0 Å². The number of benzene rings is 1. The van der Waals surface area contributed by atoms with Gasteiger partial charge in [-0.15, -0.1) is 11.3 Å². The monoisotopic (exact) mass is 316 g/mol. The van der Waals surface area contributed by atoms with Gasteiger partial charge in [-0.05, 0) is 6.92 Å². The van der Waals surface area contributed by atoms with Crippen molar-refractivity contribution in [2.75, 3.05) is 6.54 Å². The van der Waals surface area contributed by atoms with Crippen LogP contribution >= 0.6 is 11.3 Å². The zero-order valence-corrected chi connectivity index (χ0v) is 13.0. The summed E-state index contributed by atoms with van der Waals surface area (Å²) in [6, 6.07) is 9.90. The van der Waals surface area contributed by atoms with Gasteiger partial charge in [0.1, 0.15) is 5.01 Å². The molecule has 1 atom stereocenters. The molecule has 2 heterocycles. The van der Waals surface area contributed by atoms with Gasteiger partial charge in [-0.3, -0.25) is 9.59 Å². The minimum atomic E-state index is -0.901. The summed E-state index contributed by atoms with van der Waals surface area (Å²) >= 11 is 1.56. The first kappa shape index (κ1) is 14.7. The van der Waals surface area contributed by atoms with Crippen molar-refractivity contribution in [2.24, 2.45) is 5.92 Å². The first-order valence-corrected chi connectivity index (χ1v) is 7.88. The number of carboxylic acid groups (broad SMARTS) is 1. The molecule has 1 N–H and O–H groups in total. The molecule has 1 fully saturated rings. The van der Waals surface area contributed by atoms with Crippen LogP contribution < -0.4 is 0 Å². The third kappa shape index (κ3) is 2.87. The van der Waals surface area contributed by atoms with Crippen molar-refractivity contribution in [3.8, 4) is 10.6 Å². The molecule has 1 aliphatic heterocycles. The third-order valence-electron chi connectivity index (χ3n) is 3.81. The van der Waals surface area contributed by atoms with Crippen molar-refractivity contribution in [3.05, 3.63) is 40.9 Å². The molecule has 0 radical (unpaired) electrons. The van der Waals surface area contributed by atoms with Gasteiger partial charge in [0.15, 0.2) is 0 Å². The Morgan fingerprint density at radius 1 is 1.41 bits per heavy atom. The minimum Gasteiger partial charge on any atom is -0.481 e. The molecule has 1 aliphatic rings. The van der Waals surface area contributed by atoms with Gasteiger partial charge in [0.05, 0.1) is 18.2 Å². The number of carbonyl (C=O) groups excluding carboxylic acids is 1. The number of rotatable bonds is 4. The maximum Gasteiger partial charge on any atom is 0.308 e. The van der Waals surface area contributed by atoms with E-state index < -0.39 is 11.9 Å². The van der Waals surface area contributed by atoms with Crippen molar-refractivity contribution in [1.82, 2.24) is 9.88 Å². The molecule has 1 aromatic heterocycles. The summed E-state index contributed by atoms with van der Waals surface area (Å²) in [6.07, 6.45) is 0.0960. The van der Waals surface area contributed by atoms with E-state index in [0.717, 1.165) is 21.1 Å². The van der Waals surface area contributed by atoms with Crippen LogP contribution in [0.25, 0.3) is 10.6 Å². The normalized spacial score (nSPS) is 18.0. The van der Waals surface area contributed by atoms with Crippen LogP contribution in [0, 0.1) is 12.8 Å². The smallest absolute Gasteiger partial charge is 0.308 e. The second kappa shape index (κ2) is 5.88. The maximum absolute atomic E-state index is 11.9. The van der Waals surface area contributed by atoms with Crippen LogP contribution in [0.2, 0.25) is 0 Å². The van der Waals surface area contributed by atoms with Crippen molar-refractivity contribution in [2.45, 2.75) is 19.9 Å². The molecule has 1 amide bonds. The molecule has 1 aromatic carbocycles. The quantitative estimate of drug-likeness (QED) is 0.941.